The van der Waals surface area contributed by atoms with Crippen molar-refractivity contribution in [3.05, 3.63) is 0 Å². The van der Waals surface area contributed by atoms with Gasteiger partial charge in [-0.25, -0.2) is 0 Å². The summed E-state index contributed by atoms with van der Waals surface area (Å²) in [7, 11) is 0. The number of carboxylic acid groups (broad SMARTS) is 1. The van der Waals surface area contributed by atoms with Crippen LogP contribution < -0.4 is 5.32 Å². The second kappa shape index (κ2) is 6.03. The monoisotopic (exact) mass is 268 g/mol. The minimum Gasteiger partial charge on any atom is -0.481 e. The van der Waals surface area contributed by atoms with Crippen molar-refractivity contribution in [3.63, 3.8) is 0 Å². The van der Waals surface area contributed by atoms with Gasteiger partial charge in [-0.2, -0.15) is 13.2 Å². The van der Waals surface area contributed by atoms with Crippen LogP contribution >= 0.6 is 0 Å². The summed E-state index contributed by atoms with van der Waals surface area (Å²) in [6.07, 6.45) is -3.73. The van der Waals surface area contributed by atoms with Crippen LogP contribution in [0.2, 0.25) is 0 Å². The quantitative estimate of drug-likeness (QED) is 0.760. The molecule has 1 atom stereocenters. The average Bonchev–Trinajstić information content (AvgIpc) is 2.60. The first-order valence-corrected chi connectivity index (χ1v) is 5.54. The predicted molar refractivity (Wildman–Crippen MR) is 55.9 cm³/mol. The highest BCUT2D eigenvalue weighted by atomic mass is 19.4. The number of rotatable bonds is 5. The van der Waals surface area contributed by atoms with Gasteiger partial charge in [0.1, 0.15) is 6.54 Å². The zero-order valence-electron chi connectivity index (χ0n) is 9.66. The third kappa shape index (κ3) is 5.85. The van der Waals surface area contributed by atoms with Gasteiger partial charge < -0.3 is 10.4 Å². The molecule has 1 aliphatic rings. The number of carbonyl (C=O) groups is 2. The molecule has 0 spiro atoms. The van der Waals surface area contributed by atoms with E-state index in [2.05, 4.69) is 0 Å². The highest BCUT2D eigenvalue weighted by Crippen LogP contribution is 2.19. The summed E-state index contributed by atoms with van der Waals surface area (Å²) in [5.41, 5.74) is 0. The van der Waals surface area contributed by atoms with Gasteiger partial charge in [0.25, 0.3) is 0 Å². The van der Waals surface area contributed by atoms with Crippen molar-refractivity contribution < 1.29 is 27.9 Å². The number of alkyl halides is 3. The first-order valence-electron chi connectivity index (χ1n) is 5.54. The first-order chi connectivity index (χ1) is 8.26. The lowest BCUT2D eigenvalue weighted by atomic mass is 10.1. The Labute approximate surface area is 102 Å². The topological polar surface area (TPSA) is 69.6 Å². The molecule has 2 N–H and O–H groups in total. The van der Waals surface area contributed by atoms with Crippen LogP contribution in [0.15, 0.2) is 0 Å². The van der Waals surface area contributed by atoms with Crippen LogP contribution in [0.25, 0.3) is 0 Å². The van der Waals surface area contributed by atoms with Gasteiger partial charge in [0.05, 0.1) is 6.54 Å². The Morgan fingerprint density at radius 2 is 2.06 bits per heavy atom. The number of carbonyl (C=O) groups excluding carboxylic acids is 1. The zero-order chi connectivity index (χ0) is 13.8. The van der Waals surface area contributed by atoms with Gasteiger partial charge >= 0.3 is 12.1 Å². The fraction of sp³-hybridized carbons (Fsp3) is 0.800. The molecule has 0 aromatic rings. The highest BCUT2D eigenvalue weighted by Gasteiger charge is 2.29. The molecular formula is C10H15F3N2O3. The predicted octanol–water partition coefficient (Wildman–Crippen LogP) is 0.461. The molecule has 0 aliphatic carbocycles. The van der Waals surface area contributed by atoms with Crippen LogP contribution in [0.4, 0.5) is 13.2 Å². The molecule has 1 fully saturated rings. The summed E-state index contributed by atoms with van der Waals surface area (Å²) in [4.78, 5) is 23.3. The summed E-state index contributed by atoms with van der Waals surface area (Å²) in [5.74, 6) is -1.62. The third-order valence-electron chi connectivity index (χ3n) is 2.69. The lowest BCUT2D eigenvalue weighted by Crippen LogP contribution is -2.40. The Kier molecular flexibility index (Phi) is 4.94. The zero-order valence-corrected chi connectivity index (χ0v) is 9.66. The fourth-order valence-corrected chi connectivity index (χ4v) is 1.93. The van der Waals surface area contributed by atoms with Crippen molar-refractivity contribution in [3.8, 4) is 0 Å². The van der Waals surface area contributed by atoms with E-state index >= 15 is 0 Å². The Bertz CT molecular complexity index is 320. The lowest BCUT2D eigenvalue weighted by Gasteiger charge is -2.15. The molecule has 104 valence electrons. The minimum atomic E-state index is -4.41. The Morgan fingerprint density at radius 3 is 2.61 bits per heavy atom. The van der Waals surface area contributed by atoms with Crippen molar-refractivity contribution in [2.24, 2.45) is 5.92 Å². The van der Waals surface area contributed by atoms with E-state index in [9.17, 15) is 22.8 Å². The van der Waals surface area contributed by atoms with E-state index in [0.717, 1.165) is 0 Å². The number of nitrogens with zero attached hydrogens (tertiary/aromatic N) is 1. The molecule has 0 radical (unpaired) electrons. The van der Waals surface area contributed by atoms with Crippen LogP contribution in [0.5, 0.6) is 0 Å². The maximum absolute atomic E-state index is 11.8. The number of nitrogens with one attached hydrogen (secondary N) is 1. The summed E-state index contributed by atoms with van der Waals surface area (Å²) in [6, 6.07) is 0. The van der Waals surface area contributed by atoms with Crippen molar-refractivity contribution >= 4 is 11.9 Å². The summed E-state index contributed by atoms with van der Waals surface area (Å²) in [6.45, 7) is -0.479. The first kappa shape index (κ1) is 14.7. The standard InChI is InChI=1S/C10H15F3N2O3/c11-10(12,13)6-14-8(16)5-15-2-1-7(4-15)3-9(17)18/h7H,1-6H2,(H,14,16)(H,17,18). The van der Waals surface area contributed by atoms with Crippen molar-refractivity contribution in [2.75, 3.05) is 26.2 Å². The van der Waals surface area contributed by atoms with Crippen LogP contribution in [0.1, 0.15) is 12.8 Å². The van der Waals surface area contributed by atoms with E-state index in [1.165, 1.54) is 0 Å². The second-order valence-corrected chi connectivity index (χ2v) is 4.38. The number of amides is 1. The van der Waals surface area contributed by atoms with E-state index in [1.54, 1.807) is 10.2 Å². The Hall–Kier alpha value is -1.31. The molecule has 8 heteroatoms. The summed E-state index contributed by atoms with van der Waals surface area (Å²) >= 11 is 0. The van der Waals surface area contributed by atoms with Gasteiger partial charge in [0.15, 0.2) is 0 Å². The molecule has 1 amide bonds. The van der Waals surface area contributed by atoms with E-state index in [1.807, 2.05) is 0 Å². The number of likely N-dealkylation sites (tertiary alicyclic amines) is 1. The van der Waals surface area contributed by atoms with Crippen LogP contribution in [-0.4, -0.2) is 54.2 Å². The minimum absolute atomic E-state index is 0.0284. The van der Waals surface area contributed by atoms with Crippen molar-refractivity contribution in [1.82, 2.24) is 10.2 Å². The van der Waals surface area contributed by atoms with Gasteiger partial charge in [-0.05, 0) is 18.9 Å². The SMILES string of the molecule is O=C(O)CC1CCN(CC(=O)NCC(F)(F)F)C1. The van der Waals surface area contributed by atoms with Gasteiger partial charge in [0, 0.05) is 13.0 Å². The van der Waals surface area contributed by atoms with Crippen LogP contribution in [-0.2, 0) is 9.59 Å². The van der Waals surface area contributed by atoms with Gasteiger partial charge in [-0.1, -0.05) is 0 Å². The summed E-state index contributed by atoms with van der Waals surface area (Å²) in [5, 5.41) is 10.4. The maximum Gasteiger partial charge on any atom is 0.405 e. The van der Waals surface area contributed by atoms with Gasteiger partial charge in [-0.15, -0.1) is 0 Å². The maximum atomic E-state index is 11.8. The number of aliphatic carboxylic acids is 1. The second-order valence-electron chi connectivity index (χ2n) is 4.38. The molecule has 1 heterocycles. The molecule has 1 rings (SSSR count). The Balaban J connectivity index is 2.24. The molecule has 1 unspecified atom stereocenters. The molecule has 18 heavy (non-hydrogen) atoms. The largest absolute Gasteiger partial charge is 0.481 e. The molecule has 5 nitrogen and oxygen atoms in total. The molecule has 1 aliphatic heterocycles. The van der Waals surface area contributed by atoms with E-state index in [0.29, 0.717) is 19.5 Å². The fourth-order valence-electron chi connectivity index (χ4n) is 1.93. The molecule has 0 saturated carbocycles. The van der Waals surface area contributed by atoms with Gasteiger partial charge in [0.2, 0.25) is 5.91 Å². The lowest BCUT2D eigenvalue weighted by molar-refractivity contribution is -0.139. The normalized spacial score (nSPS) is 20.9. The molecule has 0 aromatic heterocycles. The smallest absolute Gasteiger partial charge is 0.405 e. The van der Waals surface area contributed by atoms with Crippen molar-refractivity contribution in [1.29, 1.82) is 0 Å². The van der Waals surface area contributed by atoms with E-state index in [-0.39, 0.29) is 18.9 Å². The number of halogens is 3. The van der Waals surface area contributed by atoms with Crippen LogP contribution in [0, 0.1) is 5.92 Å². The van der Waals surface area contributed by atoms with Gasteiger partial charge in [-0.3, -0.25) is 14.5 Å². The Morgan fingerprint density at radius 1 is 1.39 bits per heavy atom. The highest BCUT2D eigenvalue weighted by molar-refractivity contribution is 5.78. The number of hydrogen-bond acceptors (Lipinski definition) is 3. The average molecular weight is 268 g/mol. The van der Waals surface area contributed by atoms with Crippen LogP contribution in [0.3, 0.4) is 0 Å². The third-order valence-corrected chi connectivity index (χ3v) is 2.69. The number of hydrogen-bond donors (Lipinski definition) is 2. The van der Waals surface area contributed by atoms with Crippen molar-refractivity contribution in [2.45, 2.75) is 19.0 Å². The van der Waals surface area contributed by atoms with E-state index < -0.39 is 24.6 Å². The molecule has 0 aromatic carbocycles. The van der Waals surface area contributed by atoms with E-state index in [4.69, 9.17) is 5.11 Å². The summed E-state index contributed by atoms with van der Waals surface area (Å²) < 4.78 is 35.5. The molecule has 0 bridgehead atoms. The molecule has 1 saturated heterocycles. The molecular weight excluding hydrogens is 253 g/mol. The number of carboxylic acids is 1.